The number of rotatable bonds is 6. The highest BCUT2D eigenvalue weighted by Gasteiger charge is 2.25. The minimum atomic E-state index is -0.0503. The number of aromatic nitrogens is 1. The molecule has 0 spiro atoms. The van der Waals surface area contributed by atoms with Gasteiger partial charge in [0, 0.05) is 13.6 Å². The first kappa shape index (κ1) is 16.9. The van der Waals surface area contributed by atoms with E-state index in [1.54, 1.807) is 0 Å². The Morgan fingerprint density at radius 1 is 1.29 bits per heavy atom. The fraction of sp³-hybridized carbons (Fsp3) is 0.444. The summed E-state index contributed by atoms with van der Waals surface area (Å²) in [6, 6.07) is 10.7. The van der Waals surface area contributed by atoms with Crippen LogP contribution >= 0.6 is 11.5 Å². The molecular formula is C18H24N4OS. The average Bonchev–Trinajstić information content (AvgIpc) is 3.25. The quantitative estimate of drug-likeness (QED) is 0.846. The van der Waals surface area contributed by atoms with E-state index in [0.29, 0.717) is 12.1 Å². The SMILES string of the molecule is CNc1snc(C)c1C(=O)NC[C@H](c1ccccc1)N1CCCC1. The summed E-state index contributed by atoms with van der Waals surface area (Å²) in [6.45, 7) is 4.68. The summed E-state index contributed by atoms with van der Waals surface area (Å²) in [4.78, 5) is 15.1. The van der Waals surface area contributed by atoms with Gasteiger partial charge in [-0.15, -0.1) is 0 Å². The molecule has 0 saturated carbocycles. The van der Waals surface area contributed by atoms with Gasteiger partial charge in [0.15, 0.2) is 0 Å². The predicted octanol–water partition coefficient (Wildman–Crippen LogP) is 3.06. The largest absolute Gasteiger partial charge is 0.378 e. The number of anilines is 1. The summed E-state index contributed by atoms with van der Waals surface area (Å²) in [7, 11) is 1.82. The topological polar surface area (TPSA) is 57.3 Å². The molecule has 2 N–H and O–H groups in total. The van der Waals surface area contributed by atoms with Crippen molar-refractivity contribution in [1.82, 2.24) is 14.6 Å². The molecule has 5 nitrogen and oxygen atoms in total. The fourth-order valence-electron chi connectivity index (χ4n) is 3.27. The third-order valence-corrected chi connectivity index (χ3v) is 5.49. The van der Waals surface area contributed by atoms with E-state index in [1.807, 2.05) is 20.0 Å². The van der Waals surface area contributed by atoms with Gasteiger partial charge in [-0.3, -0.25) is 9.69 Å². The van der Waals surface area contributed by atoms with Gasteiger partial charge in [0.05, 0.1) is 17.3 Å². The highest BCUT2D eigenvalue weighted by Crippen LogP contribution is 2.26. The minimum absolute atomic E-state index is 0.0503. The van der Waals surface area contributed by atoms with Gasteiger partial charge in [-0.05, 0) is 50.0 Å². The third-order valence-electron chi connectivity index (χ3n) is 4.54. The van der Waals surface area contributed by atoms with Gasteiger partial charge < -0.3 is 10.6 Å². The highest BCUT2D eigenvalue weighted by molar-refractivity contribution is 7.10. The summed E-state index contributed by atoms with van der Waals surface area (Å²) in [6.07, 6.45) is 2.46. The molecule has 1 amide bonds. The Hall–Kier alpha value is -1.92. The molecule has 1 aromatic carbocycles. The van der Waals surface area contributed by atoms with Crippen molar-refractivity contribution in [2.45, 2.75) is 25.8 Å². The first-order valence-electron chi connectivity index (χ1n) is 8.42. The van der Waals surface area contributed by atoms with Crippen molar-refractivity contribution in [1.29, 1.82) is 0 Å². The second-order valence-electron chi connectivity index (χ2n) is 6.10. The highest BCUT2D eigenvalue weighted by atomic mass is 32.1. The maximum absolute atomic E-state index is 12.7. The maximum atomic E-state index is 12.7. The number of nitrogens with zero attached hydrogens (tertiary/aromatic N) is 2. The zero-order valence-electron chi connectivity index (χ0n) is 14.2. The molecule has 0 unspecified atom stereocenters. The van der Waals surface area contributed by atoms with Crippen LogP contribution in [-0.4, -0.2) is 41.9 Å². The van der Waals surface area contributed by atoms with Gasteiger partial charge in [0.25, 0.3) is 5.91 Å². The smallest absolute Gasteiger partial charge is 0.256 e. The van der Waals surface area contributed by atoms with Gasteiger partial charge in [0.1, 0.15) is 5.00 Å². The number of hydrogen-bond acceptors (Lipinski definition) is 5. The molecule has 0 aliphatic carbocycles. The Bertz CT molecular complexity index is 680. The van der Waals surface area contributed by atoms with E-state index >= 15 is 0 Å². The van der Waals surface area contributed by atoms with Crippen LogP contribution in [0.25, 0.3) is 0 Å². The number of likely N-dealkylation sites (tertiary alicyclic amines) is 1. The van der Waals surface area contributed by atoms with Gasteiger partial charge in [0.2, 0.25) is 0 Å². The molecule has 2 heterocycles. The van der Waals surface area contributed by atoms with Crippen LogP contribution in [0.4, 0.5) is 5.00 Å². The van der Waals surface area contributed by atoms with Crippen LogP contribution in [0.1, 0.15) is 40.5 Å². The van der Waals surface area contributed by atoms with Crippen LogP contribution in [-0.2, 0) is 0 Å². The van der Waals surface area contributed by atoms with Gasteiger partial charge in [-0.2, -0.15) is 4.37 Å². The van der Waals surface area contributed by atoms with E-state index in [4.69, 9.17) is 0 Å². The average molecular weight is 344 g/mol. The number of amides is 1. The molecule has 24 heavy (non-hydrogen) atoms. The van der Waals surface area contributed by atoms with Crippen molar-refractivity contribution >= 4 is 22.4 Å². The number of benzene rings is 1. The minimum Gasteiger partial charge on any atom is -0.378 e. The van der Waals surface area contributed by atoms with E-state index in [0.717, 1.165) is 23.8 Å². The van der Waals surface area contributed by atoms with Crippen LogP contribution in [0.5, 0.6) is 0 Å². The van der Waals surface area contributed by atoms with Gasteiger partial charge >= 0.3 is 0 Å². The molecule has 1 aromatic heterocycles. The van der Waals surface area contributed by atoms with Crippen LogP contribution in [0.3, 0.4) is 0 Å². The van der Waals surface area contributed by atoms with Crippen molar-refractivity contribution in [3.8, 4) is 0 Å². The molecule has 1 aliphatic heterocycles. The Labute approximate surface area is 147 Å². The number of carbonyl (C=O) groups excluding carboxylic acids is 1. The number of carbonyl (C=O) groups is 1. The van der Waals surface area contributed by atoms with E-state index < -0.39 is 0 Å². The lowest BCUT2D eigenvalue weighted by Gasteiger charge is -2.28. The Morgan fingerprint density at radius 3 is 2.67 bits per heavy atom. The molecule has 0 radical (unpaired) electrons. The molecule has 2 aromatic rings. The maximum Gasteiger partial charge on any atom is 0.256 e. The normalized spacial score (nSPS) is 16.1. The molecule has 1 atom stereocenters. The Morgan fingerprint density at radius 2 is 2.00 bits per heavy atom. The van der Waals surface area contributed by atoms with E-state index in [9.17, 15) is 4.79 Å². The third kappa shape index (κ3) is 3.60. The lowest BCUT2D eigenvalue weighted by atomic mass is 10.1. The van der Waals surface area contributed by atoms with E-state index in [1.165, 1.54) is 29.9 Å². The zero-order chi connectivity index (χ0) is 16.9. The number of hydrogen-bond donors (Lipinski definition) is 2. The predicted molar refractivity (Wildman–Crippen MR) is 98.7 cm³/mol. The summed E-state index contributed by atoms with van der Waals surface area (Å²) >= 11 is 1.33. The lowest BCUT2D eigenvalue weighted by Crippen LogP contribution is -2.37. The Kier molecular flexibility index (Phi) is 5.48. The second kappa shape index (κ2) is 7.77. The van der Waals surface area contributed by atoms with Crippen LogP contribution in [0.2, 0.25) is 0 Å². The number of aryl methyl sites for hydroxylation is 1. The van der Waals surface area contributed by atoms with E-state index in [2.05, 4.69) is 44.2 Å². The van der Waals surface area contributed by atoms with Crippen molar-refractivity contribution in [3.63, 3.8) is 0 Å². The summed E-state index contributed by atoms with van der Waals surface area (Å²) in [5.74, 6) is -0.0503. The zero-order valence-corrected chi connectivity index (χ0v) is 15.0. The van der Waals surface area contributed by atoms with Crippen molar-refractivity contribution in [2.75, 3.05) is 32.0 Å². The molecule has 1 fully saturated rings. The van der Waals surface area contributed by atoms with Crippen LogP contribution in [0.15, 0.2) is 30.3 Å². The fourth-order valence-corrected chi connectivity index (χ4v) is 4.01. The first-order chi connectivity index (χ1) is 11.7. The molecule has 3 rings (SSSR count). The Balaban J connectivity index is 1.73. The van der Waals surface area contributed by atoms with Crippen LogP contribution < -0.4 is 10.6 Å². The van der Waals surface area contributed by atoms with Crippen molar-refractivity contribution in [2.24, 2.45) is 0 Å². The molecule has 1 saturated heterocycles. The number of nitrogens with one attached hydrogen (secondary N) is 2. The molecule has 128 valence electrons. The van der Waals surface area contributed by atoms with Gasteiger partial charge in [-0.1, -0.05) is 30.3 Å². The summed E-state index contributed by atoms with van der Waals surface area (Å²) < 4.78 is 4.28. The summed E-state index contributed by atoms with van der Waals surface area (Å²) in [5, 5.41) is 7.00. The van der Waals surface area contributed by atoms with E-state index in [-0.39, 0.29) is 11.9 Å². The van der Waals surface area contributed by atoms with Crippen LogP contribution in [0, 0.1) is 6.92 Å². The van der Waals surface area contributed by atoms with Crippen molar-refractivity contribution in [3.05, 3.63) is 47.2 Å². The summed E-state index contributed by atoms with van der Waals surface area (Å²) in [5.41, 5.74) is 2.70. The monoisotopic (exact) mass is 344 g/mol. The molecular weight excluding hydrogens is 320 g/mol. The molecule has 0 bridgehead atoms. The standard InChI is InChI=1S/C18H24N4OS/c1-13-16(18(19-2)24-21-13)17(23)20-12-15(22-10-6-7-11-22)14-8-4-3-5-9-14/h3-5,8-9,15,19H,6-7,10-12H2,1-2H3,(H,20,23)/t15-/m1/s1. The molecule has 1 aliphatic rings. The van der Waals surface area contributed by atoms with Crippen molar-refractivity contribution < 1.29 is 4.79 Å². The first-order valence-corrected chi connectivity index (χ1v) is 9.19. The van der Waals surface area contributed by atoms with Gasteiger partial charge in [-0.25, -0.2) is 0 Å². The lowest BCUT2D eigenvalue weighted by molar-refractivity contribution is 0.0938. The second-order valence-corrected chi connectivity index (χ2v) is 6.88. The molecule has 6 heteroatoms.